The second-order valence-electron chi connectivity index (χ2n) is 8.28. The summed E-state index contributed by atoms with van der Waals surface area (Å²) in [7, 11) is 3.10. The van der Waals surface area contributed by atoms with Crippen LogP contribution >= 0.6 is 11.5 Å². The van der Waals surface area contributed by atoms with Gasteiger partial charge in [-0.1, -0.05) is 35.9 Å². The molecule has 1 N–H and O–H groups in total. The first-order valence-corrected chi connectivity index (χ1v) is 12.2. The molecule has 1 amide bonds. The fourth-order valence-electron chi connectivity index (χ4n) is 3.99. The van der Waals surface area contributed by atoms with Crippen molar-refractivity contribution in [1.82, 2.24) is 19.6 Å². The highest BCUT2D eigenvalue weighted by molar-refractivity contribution is 7.09. The summed E-state index contributed by atoms with van der Waals surface area (Å²) in [4.78, 5) is 22.1. The number of benzene rings is 2. The van der Waals surface area contributed by atoms with Crippen molar-refractivity contribution >= 4 is 22.6 Å². The molecule has 8 nitrogen and oxygen atoms in total. The number of carbonyl (C=O) groups excluding carboxylic acids is 1. The number of aromatic nitrogens is 2. The first-order valence-electron chi connectivity index (χ1n) is 11.4. The lowest BCUT2D eigenvalue weighted by molar-refractivity contribution is 0.0941. The molecule has 0 radical (unpaired) electrons. The van der Waals surface area contributed by atoms with Gasteiger partial charge in [-0.2, -0.15) is 4.37 Å². The van der Waals surface area contributed by atoms with Crippen LogP contribution in [0.3, 0.4) is 0 Å². The van der Waals surface area contributed by atoms with Gasteiger partial charge in [-0.05, 0) is 24.6 Å². The summed E-state index contributed by atoms with van der Waals surface area (Å²) in [5.41, 5.74) is 2.91. The van der Waals surface area contributed by atoms with E-state index in [4.69, 9.17) is 14.5 Å². The minimum Gasteiger partial charge on any atom is -0.496 e. The van der Waals surface area contributed by atoms with Crippen LogP contribution in [0.2, 0.25) is 0 Å². The van der Waals surface area contributed by atoms with Gasteiger partial charge in [0.05, 0.1) is 14.2 Å². The highest BCUT2D eigenvalue weighted by Gasteiger charge is 2.21. The van der Waals surface area contributed by atoms with Crippen LogP contribution < -0.4 is 19.7 Å². The molecule has 0 atom stereocenters. The molecule has 2 heterocycles. The summed E-state index contributed by atoms with van der Waals surface area (Å²) in [6, 6.07) is 13.8. The molecule has 4 rings (SSSR count). The Bertz CT molecular complexity index is 1070. The number of rotatable bonds is 9. The van der Waals surface area contributed by atoms with Crippen molar-refractivity contribution in [3.63, 3.8) is 0 Å². The molecular formula is C25H31N5O3S. The first-order chi connectivity index (χ1) is 16.6. The fraction of sp³-hybridized carbons (Fsp3) is 0.400. The third kappa shape index (κ3) is 5.84. The standard InChI is InChI=1S/C25H31N5O3S/c1-18-7-9-19(10-8-18)17-22-27-25(34-28-22)30-15-13-29(14-16-30)12-11-26-24(31)23-20(32-2)5-4-6-21(23)33-3/h4-10H,11-17H2,1-3H3,(H,26,31). The molecule has 0 unspecified atom stereocenters. The van der Waals surface area contributed by atoms with Crippen LogP contribution in [-0.4, -0.2) is 73.7 Å². The lowest BCUT2D eigenvalue weighted by Crippen LogP contribution is -2.48. The smallest absolute Gasteiger partial charge is 0.258 e. The van der Waals surface area contributed by atoms with Crippen molar-refractivity contribution < 1.29 is 14.3 Å². The van der Waals surface area contributed by atoms with Gasteiger partial charge in [0, 0.05) is 57.2 Å². The maximum absolute atomic E-state index is 12.7. The molecule has 0 saturated carbocycles. The number of aryl methyl sites for hydroxylation is 1. The minimum atomic E-state index is -0.192. The highest BCUT2D eigenvalue weighted by atomic mass is 32.1. The number of carbonyl (C=O) groups is 1. The largest absolute Gasteiger partial charge is 0.496 e. The average molecular weight is 482 g/mol. The monoisotopic (exact) mass is 481 g/mol. The number of anilines is 1. The van der Waals surface area contributed by atoms with Crippen LogP contribution in [0.4, 0.5) is 5.13 Å². The Hall–Kier alpha value is -3.17. The Morgan fingerprint density at radius 1 is 1.03 bits per heavy atom. The van der Waals surface area contributed by atoms with E-state index in [9.17, 15) is 4.79 Å². The van der Waals surface area contributed by atoms with Gasteiger partial charge in [-0.25, -0.2) is 4.98 Å². The van der Waals surface area contributed by atoms with E-state index < -0.39 is 0 Å². The van der Waals surface area contributed by atoms with E-state index in [1.807, 2.05) is 0 Å². The fourth-order valence-corrected chi connectivity index (χ4v) is 4.72. The Morgan fingerprint density at radius 2 is 1.71 bits per heavy atom. The van der Waals surface area contributed by atoms with Gasteiger partial charge >= 0.3 is 0 Å². The van der Waals surface area contributed by atoms with Crippen LogP contribution in [0.1, 0.15) is 27.3 Å². The average Bonchev–Trinajstić information content (AvgIpc) is 3.33. The molecule has 1 aliphatic heterocycles. The maximum atomic E-state index is 12.7. The van der Waals surface area contributed by atoms with Crippen molar-refractivity contribution in [3.8, 4) is 11.5 Å². The zero-order valence-electron chi connectivity index (χ0n) is 19.9. The number of piperazine rings is 1. The van der Waals surface area contributed by atoms with E-state index in [0.717, 1.165) is 50.1 Å². The summed E-state index contributed by atoms with van der Waals surface area (Å²) in [5, 5.41) is 3.98. The normalized spacial score (nSPS) is 14.1. The maximum Gasteiger partial charge on any atom is 0.258 e. The first kappa shape index (κ1) is 24.0. The number of hydrogen-bond acceptors (Lipinski definition) is 8. The summed E-state index contributed by atoms with van der Waals surface area (Å²) in [6.07, 6.45) is 0.757. The third-order valence-electron chi connectivity index (χ3n) is 5.95. The van der Waals surface area contributed by atoms with Crippen molar-refractivity contribution in [2.45, 2.75) is 13.3 Å². The molecule has 3 aromatic rings. The van der Waals surface area contributed by atoms with Crippen LogP contribution in [0.25, 0.3) is 0 Å². The molecule has 1 saturated heterocycles. The minimum absolute atomic E-state index is 0.192. The van der Waals surface area contributed by atoms with Crippen molar-refractivity contribution in [3.05, 3.63) is 65.0 Å². The van der Waals surface area contributed by atoms with Gasteiger partial charge in [-0.15, -0.1) is 0 Å². The molecular weight excluding hydrogens is 450 g/mol. The molecule has 1 aromatic heterocycles. The Morgan fingerprint density at radius 3 is 2.35 bits per heavy atom. The second-order valence-corrected chi connectivity index (χ2v) is 9.01. The summed E-state index contributed by atoms with van der Waals surface area (Å²) in [5.74, 6) is 1.69. The Kier molecular flexibility index (Phi) is 7.97. The highest BCUT2D eigenvalue weighted by Crippen LogP contribution is 2.28. The predicted molar refractivity (Wildman–Crippen MR) is 134 cm³/mol. The van der Waals surface area contributed by atoms with Crippen LogP contribution in [0, 0.1) is 6.92 Å². The molecule has 2 aromatic carbocycles. The number of nitrogens with zero attached hydrogens (tertiary/aromatic N) is 4. The van der Waals surface area contributed by atoms with Crippen molar-refractivity contribution in [1.29, 1.82) is 0 Å². The zero-order valence-corrected chi connectivity index (χ0v) is 20.7. The van der Waals surface area contributed by atoms with E-state index in [1.54, 1.807) is 32.4 Å². The summed E-state index contributed by atoms with van der Waals surface area (Å²) >= 11 is 1.47. The van der Waals surface area contributed by atoms with Crippen LogP contribution in [-0.2, 0) is 6.42 Å². The number of hydrogen-bond donors (Lipinski definition) is 1. The van der Waals surface area contributed by atoms with Gasteiger partial charge < -0.3 is 19.7 Å². The second kappa shape index (κ2) is 11.3. The van der Waals surface area contributed by atoms with Gasteiger partial charge in [0.15, 0.2) is 0 Å². The quantitative estimate of drug-likeness (QED) is 0.503. The van der Waals surface area contributed by atoms with E-state index in [0.29, 0.717) is 23.6 Å². The lowest BCUT2D eigenvalue weighted by Gasteiger charge is -2.34. The van der Waals surface area contributed by atoms with Crippen LogP contribution in [0.5, 0.6) is 11.5 Å². The predicted octanol–water partition coefficient (Wildman–Crippen LogP) is 3.01. The van der Waals surface area contributed by atoms with Gasteiger partial charge in [0.25, 0.3) is 5.91 Å². The topological polar surface area (TPSA) is 79.8 Å². The number of ether oxygens (including phenoxy) is 2. The summed E-state index contributed by atoms with van der Waals surface area (Å²) in [6.45, 7) is 7.06. The Balaban J connectivity index is 1.23. The lowest BCUT2D eigenvalue weighted by atomic mass is 10.1. The third-order valence-corrected chi connectivity index (χ3v) is 6.77. The van der Waals surface area contributed by atoms with Gasteiger partial charge in [-0.3, -0.25) is 9.69 Å². The van der Waals surface area contributed by atoms with E-state index in [1.165, 1.54) is 22.7 Å². The number of nitrogens with one attached hydrogen (secondary N) is 1. The van der Waals surface area contributed by atoms with Gasteiger partial charge in [0.2, 0.25) is 5.13 Å². The molecule has 1 fully saturated rings. The van der Waals surface area contributed by atoms with Crippen molar-refractivity contribution in [2.75, 3.05) is 58.4 Å². The number of methoxy groups -OCH3 is 2. The van der Waals surface area contributed by atoms with E-state index in [2.05, 4.69) is 50.7 Å². The molecule has 180 valence electrons. The molecule has 34 heavy (non-hydrogen) atoms. The Labute approximate surface area is 204 Å². The van der Waals surface area contributed by atoms with Crippen molar-refractivity contribution in [2.24, 2.45) is 0 Å². The zero-order chi connectivity index (χ0) is 23.9. The SMILES string of the molecule is COc1cccc(OC)c1C(=O)NCCN1CCN(c2nc(Cc3ccc(C)cc3)ns2)CC1. The molecule has 9 heteroatoms. The van der Waals surface area contributed by atoms with E-state index in [-0.39, 0.29) is 5.91 Å². The molecule has 0 bridgehead atoms. The molecule has 1 aliphatic rings. The molecule has 0 spiro atoms. The summed E-state index contributed by atoms with van der Waals surface area (Å²) < 4.78 is 15.2. The number of amides is 1. The molecule has 0 aliphatic carbocycles. The van der Waals surface area contributed by atoms with Crippen LogP contribution in [0.15, 0.2) is 42.5 Å². The van der Waals surface area contributed by atoms with Gasteiger partial charge in [0.1, 0.15) is 22.9 Å². The van der Waals surface area contributed by atoms with E-state index >= 15 is 0 Å².